The largest absolute Gasteiger partial charge is 0.493 e. The van der Waals surface area contributed by atoms with E-state index in [1.54, 1.807) is 12.1 Å². The van der Waals surface area contributed by atoms with Crippen molar-refractivity contribution in [2.24, 2.45) is 4.99 Å². The van der Waals surface area contributed by atoms with Gasteiger partial charge in [0.25, 0.3) is 0 Å². The number of allylic oxidation sites excluding steroid dienone is 4. The maximum Gasteiger partial charge on any atom is 0.336 e. The van der Waals surface area contributed by atoms with Gasteiger partial charge < -0.3 is 14.1 Å². The van der Waals surface area contributed by atoms with Gasteiger partial charge in [-0.25, -0.2) is 4.79 Å². The average molecular weight is 537 g/mol. The Hall–Kier alpha value is -4.12. The van der Waals surface area contributed by atoms with Crippen molar-refractivity contribution in [1.29, 1.82) is 0 Å². The second kappa shape index (κ2) is 14.9. The Labute approximate surface area is 237 Å². The molecule has 0 saturated heterocycles. The molecule has 0 amide bonds. The Morgan fingerprint density at radius 3 is 2.45 bits per heavy atom. The summed E-state index contributed by atoms with van der Waals surface area (Å²) in [5.74, 6) is 0.728. The van der Waals surface area contributed by atoms with Gasteiger partial charge >= 0.3 is 5.63 Å². The zero-order chi connectivity index (χ0) is 28.2. The lowest BCUT2D eigenvalue weighted by atomic mass is 10.00. The van der Waals surface area contributed by atoms with Gasteiger partial charge in [0.1, 0.15) is 11.3 Å². The van der Waals surface area contributed by atoms with E-state index < -0.39 is 0 Å². The van der Waals surface area contributed by atoms with Crippen LogP contribution in [0.3, 0.4) is 0 Å². The molecule has 5 heteroatoms. The Morgan fingerprint density at radius 1 is 0.875 bits per heavy atom. The van der Waals surface area contributed by atoms with Gasteiger partial charge in [0.2, 0.25) is 0 Å². The number of benzene rings is 3. The molecule has 1 heterocycles. The number of aliphatic imine (C=N–C) groups is 1. The van der Waals surface area contributed by atoms with E-state index in [0.29, 0.717) is 12.2 Å². The first-order chi connectivity index (χ1) is 19.6. The maximum absolute atomic E-state index is 11.4. The predicted molar refractivity (Wildman–Crippen MR) is 170 cm³/mol. The fourth-order valence-corrected chi connectivity index (χ4v) is 4.81. The molecular formula is C35H40N2O3. The second-order valence-electron chi connectivity index (χ2n) is 9.81. The molecule has 0 aliphatic heterocycles. The van der Waals surface area contributed by atoms with E-state index in [2.05, 4.69) is 78.4 Å². The SMILES string of the molecule is C\C=C/C(=C\C=N\CCCCCCOc1ccc2ccc(=O)oc2c1)c1ccc2cc(N(CC)CC)ccc2c1. The van der Waals surface area contributed by atoms with Crippen molar-refractivity contribution in [2.45, 2.75) is 46.5 Å². The van der Waals surface area contributed by atoms with Crippen molar-refractivity contribution in [2.75, 3.05) is 31.1 Å². The van der Waals surface area contributed by atoms with Crippen LogP contribution in [0.4, 0.5) is 5.69 Å². The number of hydrogen-bond acceptors (Lipinski definition) is 5. The van der Waals surface area contributed by atoms with Gasteiger partial charge in [0.15, 0.2) is 0 Å². The molecule has 0 atom stereocenters. The molecule has 0 aliphatic carbocycles. The third-order valence-electron chi connectivity index (χ3n) is 7.04. The first kappa shape index (κ1) is 28.9. The average Bonchev–Trinajstić information content (AvgIpc) is 2.97. The highest BCUT2D eigenvalue weighted by Gasteiger charge is 2.05. The molecule has 0 bridgehead atoms. The summed E-state index contributed by atoms with van der Waals surface area (Å²) in [5, 5.41) is 3.40. The number of anilines is 1. The number of ether oxygens (including phenoxy) is 1. The van der Waals surface area contributed by atoms with E-state index in [4.69, 9.17) is 9.15 Å². The van der Waals surface area contributed by atoms with Crippen LogP contribution in [0.2, 0.25) is 0 Å². The molecule has 0 saturated carbocycles. The van der Waals surface area contributed by atoms with Crippen LogP contribution < -0.4 is 15.3 Å². The van der Waals surface area contributed by atoms with E-state index in [9.17, 15) is 4.79 Å². The smallest absolute Gasteiger partial charge is 0.336 e. The van der Waals surface area contributed by atoms with Crippen LogP contribution in [0.1, 0.15) is 52.0 Å². The summed E-state index contributed by atoms with van der Waals surface area (Å²) >= 11 is 0. The number of fused-ring (bicyclic) bond motifs is 2. The summed E-state index contributed by atoms with van der Waals surface area (Å²) in [6, 6.07) is 22.2. The molecular weight excluding hydrogens is 496 g/mol. The summed E-state index contributed by atoms with van der Waals surface area (Å²) in [5.41, 5.74) is 3.83. The topological polar surface area (TPSA) is 55.0 Å². The van der Waals surface area contributed by atoms with Crippen LogP contribution in [0.15, 0.2) is 99.2 Å². The Morgan fingerprint density at radius 2 is 1.62 bits per heavy atom. The van der Waals surface area contributed by atoms with Crippen molar-refractivity contribution >= 4 is 39.2 Å². The first-order valence-electron chi connectivity index (χ1n) is 14.4. The van der Waals surface area contributed by atoms with Crippen LogP contribution in [0.5, 0.6) is 5.75 Å². The van der Waals surface area contributed by atoms with E-state index in [-0.39, 0.29) is 5.63 Å². The number of hydrogen-bond donors (Lipinski definition) is 0. The van der Waals surface area contributed by atoms with E-state index in [0.717, 1.165) is 62.0 Å². The summed E-state index contributed by atoms with van der Waals surface area (Å²) in [7, 11) is 0. The van der Waals surface area contributed by atoms with Gasteiger partial charge in [-0.3, -0.25) is 4.99 Å². The molecule has 4 aromatic rings. The molecule has 0 radical (unpaired) electrons. The van der Waals surface area contributed by atoms with E-state index in [1.165, 1.54) is 28.1 Å². The number of rotatable bonds is 14. The summed E-state index contributed by atoms with van der Waals surface area (Å²) in [4.78, 5) is 18.4. The van der Waals surface area contributed by atoms with Crippen LogP contribution in [0, 0.1) is 0 Å². The summed E-state index contributed by atoms with van der Waals surface area (Å²) < 4.78 is 11.1. The molecule has 5 nitrogen and oxygen atoms in total. The molecule has 0 unspecified atom stereocenters. The molecule has 3 aromatic carbocycles. The molecule has 40 heavy (non-hydrogen) atoms. The molecule has 0 N–H and O–H groups in total. The summed E-state index contributed by atoms with van der Waals surface area (Å²) in [6.45, 7) is 9.91. The molecule has 208 valence electrons. The third-order valence-corrected chi connectivity index (χ3v) is 7.04. The van der Waals surface area contributed by atoms with Crippen molar-refractivity contribution in [1.82, 2.24) is 0 Å². The number of unbranched alkanes of at least 4 members (excludes halogenated alkanes) is 3. The Bertz CT molecular complexity index is 1540. The molecule has 0 spiro atoms. The van der Waals surface area contributed by atoms with Gasteiger partial charge in [0, 0.05) is 49.1 Å². The van der Waals surface area contributed by atoms with Gasteiger partial charge in [-0.05, 0) is 104 Å². The fraction of sp³-hybridized carbons (Fsp3) is 0.314. The standard InChI is InChI=1S/C35H40N2O3/c1-4-11-27(29-12-13-31-25-32(37(5-2)6-3)17-14-30(31)24-29)20-22-36-21-9-7-8-10-23-39-33-18-15-28-16-19-35(38)40-34(28)26-33/h4,11-20,22,24-26H,5-10,21,23H2,1-3H3/b11-4-,27-20+,36-22+. The highest BCUT2D eigenvalue weighted by Crippen LogP contribution is 2.26. The van der Waals surface area contributed by atoms with Crippen molar-refractivity contribution < 1.29 is 9.15 Å². The molecule has 0 aliphatic rings. The third kappa shape index (κ3) is 7.95. The minimum absolute atomic E-state index is 0.348. The highest BCUT2D eigenvalue weighted by molar-refractivity contribution is 5.93. The lowest BCUT2D eigenvalue weighted by molar-refractivity contribution is 0.305. The van der Waals surface area contributed by atoms with E-state index in [1.807, 2.05) is 25.3 Å². The van der Waals surface area contributed by atoms with E-state index >= 15 is 0 Å². The van der Waals surface area contributed by atoms with Gasteiger partial charge in [-0.1, -0.05) is 36.8 Å². The van der Waals surface area contributed by atoms with Gasteiger partial charge in [-0.15, -0.1) is 0 Å². The minimum atomic E-state index is -0.348. The highest BCUT2D eigenvalue weighted by atomic mass is 16.5. The summed E-state index contributed by atoms with van der Waals surface area (Å²) in [6.07, 6.45) is 12.5. The second-order valence-corrected chi connectivity index (χ2v) is 9.81. The molecule has 1 aromatic heterocycles. The molecule has 0 fully saturated rings. The lowest BCUT2D eigenvalue weighted by Crippen LogP contribution is -2.21. The van der Waals surface area contributed by atoms with Crippen molar-refractivity contribution in [3.05, 3.63) is 101 Å². The monoisotopic (exact) mass is 536 g/mol. The van der Waals surface area contributed by atoms with Crippen molar-refractivity contribution in [3.63, 3.8) is 0 Å². The quantitative estimate of drug-likeness (QED) is 0.0702. The predicted octanol–water partition coefficient (Wildman–Crippen LogP) is 8.46. The van der Waals surface area contributed by atoms with Crippen LogP contribution in [-0.4, -0.2) is 32.5 Å². The maximum atomic E-state index is 11.4. The van der Waals surface area contributed by atoms with Crippen LogP contribution in [0.25, 0.3) is 27.3 Å². The van der Waals surface area contributed by atoms with Crippen LogP contribution in [-0.2, 0) is 0 Å². The van der Waals surface area contributed by atoms with Gasteiger partial charge in [0.05, 0.1) is 6.61 Å². The van der Waals surface area contributed by atoms with Crippen molar-refractivity contribution in [3.8, 4) is 5.75 Å². The zero-order valence-corrected chi connectivity index (χ0v) is 23.9. The normalized spacial score (nSPS) is 12.2. The minimum Gasteiger partial charge on any atom is -0.493 e. The lowest BCUT2D eigenvalue weighted by Gasteiger charge is -2.21. The number of nitrogens with zero attached hydrogens (tertiary/aromatic N) is 2. The Balaban J connectivity index is 1.22. The Kier molecular flexibility index (Phi) is 10.7. The molecule has 4 rings (SSSR count). The fourth-order valence-electron chi connectivity index (χ4n) is 4.81. The first-order valence-corrected chi connectivity index (χ1v) is 14.4. The van der Waals surface area contributed by atoms with Crippen LogP contribution >= 0.6 is 0 Å². The zero-order valence-electron chi connectivity index (χ0n) is 23.9. The van der Waals surface area contributed by atoms with Gasteiger partial charge in [-0.2, -0.15) is 0 Å².